The van der Waals surface area contributed by atoms with Crippen LogP contribution in [-0.4, -0.2) is 136 Å². The van der Waals surface area contributed by atoms with Gasteiger partial charge in [-0.1, -0.05) is 0 Å². The molecule has 0 aliphatic carbocycles. The summed E-state index contributed by atoms with van der Waals surface area (Å²) in [7, 11) is -4.52. The predicted octanol–water partition coefficient (Wildman–Crippen LogP) is -5.22. The Balaban J connectivity index is 1.68. The third-order valence-electron chi connectivity index (χ3n) is 6.99. The first kappa shape index (κ1) is 33.4. The average Bonchev–Trinajstić information content (AvgIpc) is 3.19. The van der Waals surface area contributed by atoms with Crippen LogP contribution in [0.25, 0.3) is 0 Å². The van der Waals surface area contributed by atoms with E-state index in [9.17, 15) is 55.1 Å². The van der Waals surface area contributed by atoms with Gasteiger partial charge in [0.2, 0.25) is 0 Å². The van der Waals surface area contributed by atoms with E-state index in [0.717, 1.165) is 11.5 Å². The zero-order valence-corrected chi connectivity index (χ0v) is 22.9. The third kappa shape index (κ3) is 7.86. The Morgan fingerprint density at radius 3 is 2.61 bits per heavy atom. The molecule has 0 spiro atoms. The van der Waals surface area contributed by atoms with Gasteiger partial charge in [-0.25, -0.2) is 4.79 Å². The van der Waals surface area contributed by atoms with Crippen molar-refractivity contribution in [2.24, 2.45) is 4.99 Å². The molecule has 18 nitrogen and oxygen atoms in total. The topological polar surface area (TPSA) is 303 Å². The first-order valence-electron chi connectivity index (χ1n) is 12.6. The van der Waals surface area contributed by atoms with Crippen molar-refractivity contribution in [1.29, 1.82) is 0 Å². The van der Waals surface area contributed by atoms with Gasteiger partial charge in [0.1, 0.15) is 48.5 Å². The number of ether oxygens (including phenoxy) is 2. The molecule has 2 aliphatic heterocycles. The van der Waals surface area contributed by atoms with Crippen molar-refractivity contribution in [1.82, 2.24) is 9.55 Å². The highest BCUT2D eigenvalue weighted by Crippen LogP contribution is 2.47. The van der Waals surface area contributed by atoms with E-state index in [-0.39, 0.29) is 12.2 Å². The Morgan fingerprint density at radius 2 is 2.02 bits per heavy atom. The predicted molar refractivity (Wildman–Crippen MR) is 135 cm³/mol. The molecule has 0 radical (unpaired) electrons. The van der Waals surface area contributed by atoms with E-state index >= 15 is 0 Å². The van der Waals surface area contributed by atoms with Crippen molar-refractivity contribution < 1.29 is 64.3 Å². The van der Waals surface area contributed by atoms with E-state index in [4.69, 9.17) is 19.7 Å². The molecule has 2 fully saturated rings. The standard InChI is InChI=1S/C22H37N4O14P/c1-10(29)24-15-11(30)6-22(9-28,40-19(15)16(32)12(31)7-27)3-5-41(36,37)38-8-13-17(33)18(34)20(39-13)26-4-2-14(23)25-21(26)35/h2,4,11-13,15-20,27-28,30-34H,3,5-9H2,1H3,(H,24,29)(H,36,37)(H2,23,25,35)/p-1/t11-,12+,13+,15+,16+,17+,18+,19+,20+,22-/m0/s1. The minimum Gasteiger partial charge on any atom is -0.862 e. The monoisotopic (exact) mass is 611 g/mol. The molecule has 0 aromatic carbocycles. The number of nitrogen functional groups attached to an aromatic ring is 1. The fourth-order valence-corrected chi connectivity index (χ4v) is 5.95. The van der Waals surface area contributed by atoms with Gasteiger partial charge in [0.15, 0.2) is 6.23 Å². The van der Waals surface area contributed by atoms with Crippen LogP contribution >= 0.6 is 7.60 Å². The van der Waals surface area contributed by atoms with Gasteiger partial charge in [0, 0.05) is 12.6 Å². The smallest absolute Gasteiger partial charge is 0.351 e. The number of rotatable bonds is 12. The van der Waals surface area contributed by atoms with Crippen molar-refractivity contribution in [3.63, 3.8) is 0 Å². The van der Waals surface area contributed by atoms with E-state index in [0.29, 0.717) is 0 Å². The number of aliphatic hydroxyl groups is 7. The van der Waals surface area contributed by atoms with Crippen LogP contribution in [-0.2, 0) is 18.6 Å². The lowest BCUT2D eigenvalue weighted by molar-refractivity contribution is -0.235. The van der Waals surface area contributed by atoms with Crippen LogP contribution in [0.15, 0.2) is 22.1 Å². The minimum absolute atomic E-state index is 0.0790. The van der Waals surface area contributed by atoms with Gasteiger partial charge in [0.25, 0.3) is 0 Å². The molecule has 0 saturated carbocycles. The Morgan fingerprint density at radius 1 is 1.34 bits per heavy atom. The van der Waals surface area contributed by atoms with Crippen molar-refractivity contribution in [3.05, 3.63) is 22.7 Å². The van der Waals surface area contributed by atoms with Crippen LogP contribution in [0, 0.1) is 0 Å². The number of nitrogens with zero attached hydrogens (tertiary/aromatic N) is 3. The van der Waals surface area contributed by atoms with E-state index in [1.807, 2.05) is 0 Å². The molecule has 11 atom stereocenters. The third-order valence-corrected chi connectivity index (χ3v) is 8.33. The van der Waals surface area contributed by atoms with Crippen molar-refractivity contribution >= 4 is 19.3 Å². The molecule has 10 N–H and O–H groups in total. The van der Waals surface area contributed by atoms with Crippen LogP contribution in [0.2, 0.25) is 0 Å². The molecule has 0 bridgehead atoms. The SMILES string of the molecule is CC([O-])=N[C@H]1[C@H]([C@H](O)[C@H](O)CO)O[C@@](CO)(CCP(=O)(O)OC[C@H]2O[C@@H](n3ccc(N)nc3=O)[C@H](O)[C@@H]2O)C[C@@H]1O. The normalized spacial score (nSPS) is 35.6. The first-order chi connectivity index (χ1) is 19.1. The van der Waals surface area contributed by atoms with Crippen LogP contribution in [0.4, 0.5) is 5.82 Å². The summed E-state index contributed by atoms with van der Waals surface area (Å²) in [6.07, 6.45) is -12.9. The average molecular weight is 612 g/mol. The molecule has 0 amide bonds. The zero-order chi connectivity index (χ0) is 30.7. The second-order valence-electron chi connectivity index (χ2n) is 10.1. The van der Waals surface area contributed by atoms with Gasteiger partial charge in [-0.3, -0.25) is 14.1 Å². The number of hydrogen-bond donors (Lipinski definition) is 9. The van der Waals surface area contributed by atoms with Crippen LogP contribution < -0.4 is 16.5 Å². The molecule has 3 rings (SSSR count). The highest BCUT2D eigenvalue weighted by Gasteiger charge is 2.51. The highest BCUT2D eigenvalue weighted by atomic mass is 31.2. The fraction of sp³-hybridized carbons (Fsp3) is 0.773. The molecule has 2 saturated heterocycles. The van der Waals surface area contributed by atoms with E-state index in [1.165, 1.54) is 12.3 Å². The Labute approximate surface area is 233 Å². The van der Waals surface area contributed by atoms with Crippen molar-refractivity contribution in [3.8, 4) is 0 Å². The van der Waals surface area contributed by atoms with Crippen LogP contribution in [0.1, 0.15) is 26.0 Å². The maximum atomic E-state index is 12.8. The van der Waals surface area contributed by atoms with E-state index < -0.39 is 112 Å². The number of aliphatic imine (C=N–C) groups is 1. The lowest BCUT2D eigenvalue weighted by Gasteiger charge is -2.47. The number of anilines is 1. The summed E-state index contributed by atoms with van der Waals surface area (Å²) in [6, 6.07) is -0.105. The first-order valence-corrected chi connectivity index (χ1v) is 14.4. The summed E-state index contributed by atoms with van der Waals surface area (Å²) in [6.45, 7) is -1.33. The molecule has 41 heavy (non-hydrogen) atoms. The summed E-state index contributed by atoms with van der Waals surface area (Å²) >= 11 is 0. The number of aromatic nitrogens is 2. The maximum absolute atomic E-state index is 12.8. The zero-order valence-electron chi connectivity index (χ0n) is 22.0. The summed E-state index contributed by atoms with van der Waals surface area (Å²) in [5, 5.41) is 82.7. The highest BCUT2D eigenvalue weighted by molar-refractivity contribution is 7.52. The summed E-state index contributed by atoms with van der Waals surface area (Å²) in [5.74, 6) is -0.802. The maximum Gasteiger partial charge on any atom is 0.351 e. The number of aliphatic hydroxyl groups excluding tert-OH is 7. The van der Waals surface area contributed by atoms with Gasteiger partial charge in [0.05, 0.1) is 37.7 Å². The molecule has 234 valence electrons. The second kappa shape index (κ2) is 13.5. The molecular weight excluding hydrogens is 575 g/mol. The van der Waals surface area contributed by atoms with E-state index in [2.05, 4.69) is 9.98 Å². The van der Waals surface area contributed by atoms with Gasteiger partial charge in [-0.2, -0.15) is 4.98 Å². The lowest BCUT2D eigenvalue weighted by Crippen LogP contribution is -2.61. The molecule has 1 unspecified atom stereocenters. The summed E-state index contributed by atoms with van der Waals surface area (Å²) in [4.78, 5) is 29.7. The van der Waals surface area contributed by atoms with Crippen LogP contribution in [0.5, 0.6) is 0 Å². The minimum atomic E-state index is -4.52. The van der Waals surface area contributed by atoms with Gasteiger partial charge in [-0.05, 0) is 25.3 Å². The Bertz CT molecular complexity index is 1170. The fourth-order valence-electron chi connectivity index (χ4n) is 4.75. The largest absolute Gasteiger partial charge is 0.862 e. The number of nitrogens with two attached hydrogens (primary N) is 1. The van der Waals surface area contributed by atoms with Gasteiger partial charge >= 0.3 is 13.3 Å². The second-order valence-corrected chi connectivity index (χ2v) is 12.0. The van der Waals surface area contributed by atoms with Gasteiger partial charge < -0.3 is 65.5 Å². The quantitative estimate of drug-likeness (QED) is 0.0606. The number of hydrogen-bond acceptors (Lipinski definition) is 16. The molecule has 3 heterocycles. The van der Waals surface area contributed by atoms with Crippen molar-refractivity contribution in [2.75, 3.05) is 31.7 Å². The summed E-state index contributed by atoms with van der Waals surface area (Å²) in [5.41, 5.74) is 2.82. The molecule has 19 heteroatoms. The van der Waals surface area contributed by atoms with Crippen molar-refractivity contribution in [2.45, 2.75) is 80.4 Å². The Hall–Kier alpha value is -2.06. The Kier molecular flexibility index (Phi) is 11.0. The molecule has 1 aromatic heterocycles. The molecule has 2 aliphatic rings. The van der Waals surface area contributed by atoms with Gasteiger partial charge in [-0.15, -0.1) is 0 Å². The summed E-state index contributed by atoms with van der Waals surface area (Å²) < 4.78 is 30.0. The lowest BCUT2D eigenvalue weighted by atomic mass is 9.83. The molecular formula is C22H36N4O14P-. The van der Waals surface area contributed by atoms with E-state index in [1.54, 1.807) is 0 Å². The molecule has 1 aromatic rings. The van der Waals surface area contributed by atoms with Crippen LogP contribution in [0.3, 0.4) is 0 Å².